The molecule has 3 nitrogen and oxygen atoms in total. The number of halogens is 1. The van der Waals surface area contributed by atoms with Gasteiger partial charge in [0.1, 0.15) is 0 Å². The molecule has 0 aromatic rings. The Morgan fingerprint density at radius 1 is 1.25 bits per heavy atom. The van der Waals surface area contributed by atoms with Crippen LogP contribution in [0.4, 0.5) is 0 Å². The van der Waals surface area contributed by atoms with Crippen molar-refractivity contribution < 1.29 is 4.79 Å². The number of nitrogens with zero attached hydrogens (tertiary/aromatic N) is 1. The molecule has 0 atom stereocenters. The number of carbonyl (C=O) groups excluding carboxylic acids is 1. The zero-order valence-corrected chi connectivity index (χ0v) is 12.1. The lowest BCUT2D eigenvalue weighted by molar-refractivity contribution is -0.133. The summed E-state index contributed by atoms with van der Waals surface area (Å²) in [6.07, 6.45) is 2.08. The second-order valence-electron chi connectivity index (χ2n) is 4.44. The van der Waals surface area contributed by atoms with Crippen LogP contribution in [-0.2, 0) is 4.79 Å². The van der Waals surface area contributed by atoms with Crippen LogP contribution in [0.5, 0.6) is 0 Å². The summed E-state index contributed by atoms with van der Waals surface area (Å²) in [5.74, 6) is 0.756. The summed E-state index contributed by atoms with van der Waals surface area (Å²) < 4.78 is 0. The number of carbonyl (C=O) groups is 1. The topological polar surface area (TPSA) is 32.3 Å². The van der Waals surface area contributed by atoms with Gasteiger partial charge in [0.2, 0.25) is 5.91 Å². The van der Waals surface area contributed by atoms with Gasteiger partial charge in [-0.3, -0.25) is 4.79 Å². The first-order valence-electron chi connectivity index (χ1n) is 6.00. The number of amides is 1. The number of likely N-dealkylation sites (N-methyl/N-ethyl adjacent to an activating group) is 1. The summed E-state index contributed by atoms with van der Waals surface area (Å²) in [7, 11) is 1.82. The first kappa shape index (κ1) is 18.1. The standard InChI is InChI=1S/C12H26N2O.ClH/c1-6-11(7-2)14(9-10(3)4)12(15)8-13-5;/h10-11,13H,6-9H2,1-5H3;1H. The van der Waals surface area contributed by atoms with Crippen molar-refractivity contribution in [3.8, 4) is 0 Å². The van der Waals surface area contributed by atoms with E-state index in [1.807, 2.05) is 11.9 Å². The number of hydrogen-bond donors (Lipinski definition) is 1. The van der Waals surface area contributed by atoms with Gasteiger partial charge in [0, 0.05) is 12.6 Å². The third kappa shape index (κ3) is 6.33. The van der Waals surface area contributed by atoms with E-state index in [2.05, 4.69) is 33.0 Å². The lowest BCUT2D eigenvalue weighted by Gasteiger charge is -2.32. The lowest BCUT2D eigenvalue weighted by atomic mass is 10.1. The lowest BCUT2D eigenvalue weighted by Crippen LogP contribution is -2.45. The van der Waals surface area contributed by atoms with Crippen LogP contribution < -0.4 is 5.32 Å². The smallest absolute Gasteiger partial charge is 0.236 e. The van der Waals surface area contributed by atoms with Crippen LogP contribution in [0, 0.1) is 5.92 Å². The number of nitrogens with one attached hydrogen (secondary N) is 1. The van der Waals surface area contributed by atoms with E-state index in [0.29, 0.717) is 18.5 Å². The minimum atomic E-state index is 0. The van der Waals surface area contributed by atoms with Gasteiger partial charge in [-0.05, 0) is 25.8 Å². The van der Waals surface area contributed by atoms with E-state index in [9.17, 15) is 4.79 Å². The SMILES string of the molecule is CCC(CC)N(CC(C)C)C(=O)CNC.Cl. The van der Waals surface area contributed by atoms with Crippen LogP contribution in [0.2, 0.25) is 0 Å². The maximum Gasteiger partial charge on any atom is 0.236 e. The van der Waals surface area contributed by atoms with Gasteiger partial charge in [-0.1, -0.05) is 27.7 Å². The van der Waals surface area contributed by atoms with Gasteiger partial charge in [-0.25, -0.2) is 0 Å². The molecule has 0 radical (unpaired) electrons. The maximum atomic E-state index is 11.9. The van der Waals surface area contributed by atoms with Crippen molar-refractivity contribution in [3.05, 3.63) is 0 Å². The Hall–Kier alpha value is -0.280. The van der Waals surface area contributed by atoms with E-state index in [4.69, 9.17) is 0 Å². The summed E-state index contributed by atoms with van der Waals surface area (Å²) in [5.41, 5.74) is 0. The highest BCUT2D eigenvalue weighted by Gasteiger charge is 2.20. The van der Waals surface area contributed by atoms with Gasteiger partial charge in [-0.2, -0.15) is 0 Å². The van der Waals surface area contributed by atoms with Crippen molar-refractivity contribution in [2.24, 2.45) is 5.92 Å². The minimum Gasteiger partial charge on any atom is -0.338 e. The van der Waals surface area contributed by atoms with Crippen molar-refractivity contribution in [1.82, 2.24) is 10.2 Å². The molecule has 0 spiro atoms. The average Bonchev–Trinajstić information content (AvgIpc) is 2.18. The zero-order chi connectivity index (χ0) is 11.8. The highest BCUT2D eigenvalue weighted by Crippen LogP contribution is 2.11. The summed E-state index contributed by atoms with van der Waals surface area (Å²) in [5, 5.41) is 2.93. The predicted octanol–water partition coefficient (Wildman–Crippen LogP) is 2.30. The monoisotopic (exact) mass is 250 g/mol. The van der Waals surface area contributed by atoms with Crippen LogP contribution in [0.15, 0.2) is 0 Å². The predicted molar refractivity (Wildman–Crippen MR) is 72.1 cm³/mol. The van der Waals surface area contributed by atoms with E-state index in [1.54, 1.807) is 0 Å². The van der Waals surface area contributed by atoms with Crippen LogP contribution in [0.3, 0.4) is 0 Å². The molecule has 4 heteroatoms. The second-order valence-corrected chi connectivity index (χ2v) is 4.44. The molecule has 0 rings (SSSR count). The van der Waals surface area contributed by atoms with Crippen LogP contribution in [0.1, 0.15) is 40.5 Å². The molecule has 0 aliphatic heterocycles. The molecule has 16 heavy (non-hydrogen) atoms. The molecule has 0 bridgehead atoms. The summed E-state index contributed by atoms with van der Waals surface area (Å²) in [6.45, 7) is 9.92. The van der Waals surface area contributed by atoms with Gasteiger partial charge in [0.15, 0.2) is 0 Å². The fourth-order valence-corrected chi connectivity index (χ4v) is 1.83. The molecular formula is C12H27ClN2O. The third-order valence-electron chi connectivity index (χ3n) is 2.59. The highest BCUT2D eigenvalue weighted by molar-refractivity contribution is 5.85. The van der Waals surface area contributed by atoms with Gasteiger partial charge < -0.3 is 10.2 Å². The normalized spacial score (nSPS) is 10.4. The summed E-state index contributed by atoms with van der Waals surface area (Å²) in [4.78, 5) is 13.9. The van der Waals surface area contributed by atoms with Crippen molar-refractivity contribution >= 4 is 18.3 Å². The zero-order valence-electron chi connectivity index (χ0n) is 11.2. The van der Waals surface area contributed by atoms with E-state index < -0.39 is 0 Å². The molecular weight excluding hydrogens is 224 g/mol. The molecule has 0 fully saturated rings. The van der Waals surface area contributed by atoms with Crippen molar-refractivity contribution in [3.63, 3.8) is 0 Å². The molecule has 1 N–H and O–H groups in total. The van der Waals surface area contributed by atoms with E-state index in [0.717, 1.165) is 19.4 Å². The second kappa shape index (κ2) is 9.91. The van der Waals surface area contributed by atoms with Gasteiger partial charge in [0.05, 0.1) is 6.54 Å². The Labute approximate surface area is 106 Å². The third-order valence-corrected chi connectivity index (χ3v) is 2.59. The Morgan fingerprint density at radius 3 is 2.06 bits per heavy atom. The summed E-state index contributed by atoms with van der Waals surface area (Å²) in [6, 6.07) is 0.397. The molecule has 1 amide bonds. The molecule has 0 aliphatic carbocycles. The number of hydrogen-bond acceptors (Lipinski definition) is 2. The average molecular weight is 251 g/mol. The van der Waals surface area contributed by atoms with E-state index >= 15 is 0 Å². The molecule has 98 valence electrons. The first-order valence-corrected chi connectivity index (χ1v) is 6.00. The summed E-state index contributed by atoms with van der Waals surface area (Å²) >= 11 is 0. The van der Waals surface area contributed by atoms with Crippen LogP contribution >= 0.6 is 12.4 Å². The highest BCUT2D eigenvalue weighted by atomic mass is 35.5. The molecule has 0 heterocycles. The minimum absolute atomic E-state index is 0. The van der Waals surface area contributed by atoms with E-state index in [-0.39, 0.29) is 18.3 Å². The Balaban J connectivity index is 0. The quantitative estimate of drug-likeness (QED) is 0.752. The Kier molecular flexibility index (Phi) is 11.2. The molecule has 0 aliphatic rings. The van der Waals surface area contributed by atoms with Gasteiger partial charge in [0.25, 0.3) is 0 Å². The molecule has 0 aromatic heterocycles. The van der Waals surface area contributed by atoms with Gasteiger partial charge in [-0.15, -0.1) is 12.4 Å². The molecule has 0 saturated carbocycles. The number of rotatable bonds is 7. The van der Waals surface area contributed by atoms with E-state index in [1.165, 1.54) is 0 Å². The van der Waals surface area contributed by atoms with Crippen molar-refractivity contribution in [2.45, 2.75) is 46.6 Å². The Bertz CT molecular complexity index is 182. The molecule has 0 saturated heterocycles. The van der Waals surface area contributed by atoms with Crippen molar-refractivity contribution in [1.29, 1.82) is 0 Å². The molecule has 0 unspecified atom stereocenters. The van der Waals surface area contributed by atoms with Crippen LogP contribution in [-0.4, -0.2) is 37.0 Å². The van der Waals surface area contributed by atoms with Crippen LogP contribution in [0.25, 0.3) is 0 Å². The largest absolute Gasteiger partial charge is 0.338 e. The van der Waals surface area contributed by atoms with Crippen molar-refractivity contribution in [2.75, 3.05) is 20.1 Å². The first-order chi connectivity index (χ1) is 7.06. The fraction of sp³-hybridized carbons (Fsp3) is 0.917. The fourth-order valence-electron chi connectivity index (χ4n) is 1.83. The Morgan fingerprint density at radius 2 is 1.75 bits per heavy atom. The van der Waals surface area contributed by atoms with Gasteiger partial charge >= 0.3 is 0 Å². The molecule has 0 aromatic carbocycles. The maximum absolute atomic E-state index is 11.9.